The first-order chi connectivity index (χ1) is 8.11. The van der Waals surface area contributed by atoms with Crippen LogP contribution in [0.25, 0.3) is 0 Å². The van der Waals surface area contributed by atoms with Crippen molar-refractivity contribution in [3.05, 3.63) is 0 Å². The van der Waals surface area contributed by atoms with Crippen LogP contribution < -0.4 is 11.1 Å². The Morgan fingerprint density at radius 2 is 2.24 bits per heavy atom. The third-order valence-corrected chi connectivity index (χ3v) is 2.86. The number of rotatable bonds is 7. The summed E-state index contributed by atoms with van der Waals surface area (Å²) in [5.41, 5.74) is 5.35. The molecule has 0 aromatic carbocycles. The lowest BCUT2D eigenvalue weighted by molar-refractivity contribution is -0.138. The van der Waals surface area contributed by atoms with Gasteiger partial charge in [0.2, 0.25) is 5.91 Å². The lowest BCUT2D eigenvalue weighted by Crippen LogP contribution is -2.32. The van der Waals surface area contributed by atoms with E-state index in [0.717, 1.165) is 12.8 Å². The monoisotopic (exact) mass is 244 g/mol. The van der Waals surface area contributed by atoms with E-state index in [0.29, 0.717) is 32.6 Å². The van der Waals surface area contributed by atoms with Crippen LogP contribution in [0, 0.1) is 5.92 Å². The maximum Gasteiger partial charge on any atom is 0.320 e. The zero-order valence-corrected chi connectivity index (χ0v) is 9.85. The molecule has 1 aliphatic heterocycles. The molecule has 0 aromatic rings. The number of hydrogen-bond acceptors (Lipinski definition) is 4. The maximum absolute atomic E-state index is 11.5. The number of nitrogens with one attached hydrogen (secondary N) is 1. The fraction of sp³-hybridized carbons (Fsp3) is 0.818. The maximum atomic E-state index is 11.5. The van der Waals surface area contributed by atoms with Crippen molar-refractivity contribution in [1.82, 2.24) is 5.32 Å². The molecule has 6 nitrogen and oxygen atoms in total. The third-order valence-electron chi connectivity index (χ3n) is 2.86. The van der Waals surface area contributed by atoms with E-state index in [1.807, 2.05) is 0 Å². The summed E-state index contributed by atoms with van der Waals surface area (Å²) >= 11 is 0. The summed E-state index contributed by atoms with van der Waals surface area (Å²) in [6.07, 6.45) is 2.68. The fourth-order valence-corrected chi connectivity index (χ4v) is 1.71. The highest BCUT2D eigenvalue weighted by Crippen LogP contribution is 2.11. The van der Waals surface area contributed by atoms with Crippen molar-refractivity contribution >= 4 is 11.9 Å². The Morgan fingerprint density at radius 1 is 1.47 bits per heavy atom. The van der Waals surface area contributed by atoms with E-state index in [1.54, 1.807) is 0 Å². The molecular weight excluding hydrogens is 224 g/mol. The highest BCUT2D eigenvalue weighted by atomic mass is 16.5. The molecule has 1 amide bonds. The Kier molecular flexibility index (Phi) is 5.93. The molecule has 0 aromatic heterocycles. The number of amides is 1. The summed E-state index contributed by atoms with van der Waals surface area (Å²) < 4.78 is 5.12. The second-order valence-electron chi connectivity index (χ2n) is 4.29. The quantitative estimate of drug-likeness (QED) is 0.535. The number of ether oxygens (including phenoxy) is 1. The molecule has 17 heavy (non-hydrogen) atoms. The molecule has 1 saturated heterocycles. The van der Waals surface area contributed by atoms with Crippen LogP contribution in [-0.4, -0.2) is 42.8 Å². The topological polar surface area (TPSA) is 102 Å². The van der Waals surface area contributed by atoms with Gasteiger partial charge in [-0.15, -0.1) is 0 Å². The SMILES string of the molecule is N[C@@H](CCCCNC(=O)[C@H]1CCOC1)C(=O)O. The summed E-state index contributed by atoms with van der Waals surface area (Å²) in [4.78, 5) is 22.0. The van der Waals surface area contributed by atoms with E-state index in [-0.39, 0.29) is 11.8 Å². The van der Waals surface area contributed by atoms with Crippen LogP contribution in [0.3, 0.4) is 0 Å². The Labute approximate surface area is 101 Å². The van der Waals surface area contributed by atoms with Crippen molar-refractivity contribution in [2.75, 3.05) is 19.8 Å². The summed E-state index contributed by atoms with van der Waals surface area (Å²) in [6.45, 7) is 1.74. The molecule has 1 rings (SSSR count). The van der Waals surface area contributed by atoms with Crippen molar-refractivity contribution in [3.8, 4) is 0 Å². The molecule has 0 unspecified atom stereocenters. The van der Waals surface area contributed by atoms with Gasteiger partial charge in [0.15, 0.2) is 0 Å². The molecule has 1 fully saturated rings. The van der Waals surface area contributed by atoms with Gasteiger partial charge in [0, 0.05) is 13.2 Å². The summed E-state index contributed by atoms with van der Waals surface area (Å²) in [6, 6.07) is -0.797. The molecule has 0 saturated carbocycles. The number of hydrogen-bond donors (Lipinski definition) is 3. The number of aliphatic carboxylic acids is 1. The molecule has 6 heteroatoms. The van der Waals surface area contributed by atoms with Gasteiger partial charge in [0.05, 0.1) is 12.5 Å². The second-order valence-corrected chi connectivity index (χ2v) is 4.29. The lowest BCUT2D eigenvalue weighted by atomic mass is 10.1. The van der Waals surface area contributed by atoms with Crippen molar-refractivity contribution in [2.24, 2.45) is 11.7 Å². The van der Waals surface area contributed by atoms with Crippen LogP contribution in [0.1, 0.15) is 25.7 Å². The zero-order chi connectivity index (χ0) is 12.7. The average Bonchev–Trinajstić information content (AvgIpc) is 2.81. The average molecular weight is 244 g/mol. The normalized spacial score (nSPS) is 21.1. The van der Waals surface area contributed by atoms with E-state index in [1.165, 1.54) is 0 Å². The van der Waals surface area contributed by atoms with Crippen molar-refractivity contribution in [2.45, 2.75) is 31.7 Å². The van der Waals surface area contributed by atoms with E-state index < -0.39 is 12.0 Å². The van der Waals surface area contributed by atoms with Crippen LogP contribution in [0.2, 0.25) is 0 Å². The van der Waals surface area contributed by atoms with Gasteiger partial charge < -0.3 is 20.9 Å². The van der Waals surface area contributed by atoms with Gasteiger partial charge in [-0.2, -0.15) is 0 Å². The summed E-state index contributed by atoms with van der Waals surface area (Å²) in [5.74, 6) is -0.960. The Balaban J connectivity index is 2.00. The van der Waals surface area contributed by atoms with E-state index in [9.17, 15) is 9.59 Å². The molecule has 0 bridgehead atoms. The molecule has 2 atom stereocenters. The minimum atomic E-state index is -0.975. The van der Waals surface area contributed by atoms with Gasteiger partial charge in [0.25, 0.3) is 0 Å². The highest BCUT2D eigenvalue weighted by molar-refractivity contribution is 5.78. The van der Waals surface area contributed by atoms with Gasteiger partial charge in [0.1, 0.15) is 6.04 Å². The molecule has 0 spiro atoms. The van der Waals surface area contributed by atoms with Gasteiger partial charge >= 0.3 is 5.97 Å². The van der Waals surface area contributed by atoms with Crippen LogP contribution in [0.5, 0.6) is 0 Å². The van der Waals surface area contributed by atoms with E-state index in [2.05, 4.69) is 5.32 Å². The molecule has 0 aliphatic carbocycles. The standard InChI is InChI=1S/C11H20N2O4/c12-9(11(15)16)3-1-2-5-13-10(14)8-4-6-17-7-8/h8-9H,1-7,12H2,(H,13,14)(H,15,16)/t8-,9-/m0/s1. The number of carboxylic acid groups (broad SMARTS) is 1. The summed E-state index contributed by atoms with van der Waals surface area (Å²) in [7, 11) is 0. The Morgan fingerprint density at radius 3 is 2.82 bits per heavy atom. The first kappa shape index (κ1) is 13.9. The number of nitrogens with two attached hydrogens (primary N) is 1. The van der Waals surface area contributed by atoms with E-state index >= 15 is 0 Å². The molecule has 1 aliphatic rings. The van der Waals surface area contributed by atoms with E-state index in [4.69, 9.17) is 15.6 Å². The van der Waals surface area contributed by atoms with Gasteiger partial charge in [-0.25, -0.2) is 0 Å². The van der Waals surface area contributed by atoms with Crippen molar-refractivity contribution < 1.29 is 19.4 Å². The third kappa shape index (κ3) is 5.14. The number of carbonyl (C=O) groups is 2. The first-order valence-corrected chi connectivity index (χ1v) is 5.95. The minimum absolute atomic E-state index is 0.0173. The number of unbranched alkanes of at least 4 members (excludes halogenated alkanes) is 1. The summed E-state index contributed by atoms with van der Waals surface area (Å²) in [5, 5.41) is 11.4. The molecule has 4 N–H and O–H groups in total. The first-order valence-electron chi connectivity index (χ1n) is 5.95. The van der Waals surface area contributed by atoms with Gasteiger partial charge in [-0.1, -0.05) is 0 Å². The second kappa shape index (κ2) is 7.24. The predicted molar refractivity (Wildman–Crippen MR) is 61.4 cm³/mol. The van der Waals surface area contributed by atoms with Gasteiger partial charge in [-0.05, 0) is 25.7 Å². The molecule has 98 valence electrons. The Bertz CT molecular complexity index is 264. The predicted octanol–water partition coefficient (Wildman–Crippen LogP) is -0.279. The number of carbonyl (C=O) groups excluding carboxylic acids is 1. The molecular formula is C11H20N2O4. The largest absolute Gasteiger partial charge is 0.480 e. The smallest absolute Gasteiger partial charge is 0.320 e. The van der Waals surface area contributed by atoms with Crippen LogP contribution in [0.4, 0.5) is 0 Å². The minimum Gasteiger partial charge on any atom is -0.480 e. The van der Waals surface area contributed by atoms with Crippen LogP contribution in [-0.2, 0) is 14.3 Å². The fourth-order valence-electron chi connectivity index (χ4n) is 1.71. The van der Waals surface area contributed by atoms with Crippen molar-refractivity contribution in [1.29, 1.82) is 0 Å². The highest BCUT2D eigenvalue weighted by Gasteiger charge is 2.22. The van der Waals surface area contributed by atoms with Crippen molar-refractivity contribution in [3.63, 3.8) is 0 Å². The van der Waals surface area contributed by atoms with Gasteiger partial charge in [-0.3, -0.25) is 9.59 Å². The molecule has 1 heterocycles. The zero-order valence-electron chi connectivity index (χ0n) is 9.85. The lowest BCUT2D eigenvalue weighted by Gasteiger charge is -2.09. The Hall–Kier alpha value is -1.14. The number of carboxylic acids is 1. The molecule has 0 radical (unpaired) electrons. The van der Waals surface area contributed by atoms with Crippen LogP contribution in [0.15, 0.2) is 0 Å². The van der Waals surface area contributed by atoms with Crippen LogP contribution >= 0.6 is 0 Å².